The lowest BCUT2D eigenvalue weighted by molar-refractivity contribution is 0.215. The van der Waals surface area contributed by atoms with Crippen molar-refractivity contribution >= 4 is 39.0 Å². The number of amides is 1. The molecule has 0 radical (unpaired) electrons. The van der Waals surface area contributed by atoms with Crippen molar-refractivity contribution in [3.8, 4) is 5.75 Å². The van der Waals surface area contributed by atoms with Crippen LogP contribution < -0.4 is 15.8 Å². The average molecular weight is 348 g/mol. The van der Waals surface area contributed by atoms with E-state index >= 15 is 0 Å². The number of nitrogen functional groups attached to an aromatic ring is 1. The molecule has 0 saturated carbocycles. The molecule has 0 fully saturated rings. The Morgan fingerprint density at radius 2 is 1.74 bits per heavy atom. The highest BCUT2D eigenvalue weighted by molar-refractivity contribution is 7.14. The number of nitrogens with zero attached hydrogens (tertiary/aromatic N) is 2. The maximum atomic E-state index is 11.4. The van der Waals surface area contributed by atoms with Gasteiger partial charge in [-0.25, -0.2) is 14.8 Å². The SMILES string of the molecule is Cc1csc(N)n1.Cc1csc(NC(=O)Oc2ccccc2)n1. The standard InChI is InChI=1S/C11H10N2O2S.C4H6N2S/c1-8-7-16-10(12-8)13-11(14)15-9-5-3-2-4-6-9;1-3-2-7-4(5)6-3/h2-7H,1H3,(H,12,13,14);2H,1H3,(H2,5,6). The number of aromatic nitrogens is 2. The molecule has 0 bridgehead atoms. The number of carbonyl (C=O) groups excluding carboxylic acids is 1. The molecule has 3 rings (SSSR count). The van der Waals surface area contributed by atoms with Crippen LogP contribution in [0.1, 0.15) is 11.4 Å². The van der Waals surface area contributed by atoms with E-state index < -0.39 is 6.09 Å². The lowest BCUT2D eigenvalue weighted by Gasteiger charge is -2.03. The van der Waals surface area contributed by atoms with Gasteiger partial charge in [0.2, 0.25) is 0 Å². The van der Waals surface area contributed by atoms with E-state index in [1.165, 1.54) is 22.7 Å². The van der Waals surface area contributed by atoms with Gasteiger partial charge in [0.1, 0.15) is 5.75 Å². The van der Waals surface area contributed by atoms with E-state index in [9.17, 15) is 4.79 Å². The van der Waals surface area contributed by atoms with Gasteiger partial charge in [0, 0.05) is 10.8 Å². The molecule has 0 aliphatic heterocycles. The number of nitrogens with one attached hydrogen (secondary N) is 1. The molecule has 0 aliphatic carbocycles. The van der Waals surface area contributed by atoms with Crippen molar-refractivity contribution in [2.24, 2.45) is 0 Å². The van der Waals surface area contributed by atoms with Crippen LogP contribution in [-0.2, 0) is 0 Å². The molecule has 0 unspecified atom stereocenters. The first-order chi connectivity index (χ1) is 11.0. The van der Waals surface area contributed by atoms with Crippen LogP contribution >= 0.6 is 22.7 Å². The molecule has 1 aromatic carbocycles. The van der Waals surface area contributed by atoms with Gasteiger partial charge in [0.05, 0.1) is 11.4 Å². The normalized spacial score (nSPS) is 9.65. The summed E-state index contributed by atoms with van der Waals surface area (Å²) >= 11 is 2.84. The van der Waals surface area contributed by atoms with Crippen LogP contribution in [0.25, 0.3) is 0 Å². The lowest BCUT2D eigenvalue weighted by atomic mass is 10.3. The molecule has 120 valence electrons. The van der Waals surface area contributed by atoms with Crippen LogP contribution in [0.15, 0.2) is 41.1 Å². The van der Waals surface area contributed by atoms with Crippen LogP contribution in [0.3, 0.4) is 0 Å². The molecule has 3 aromatic rings. The number of thiazole rings is 2. The highest BCUT2D eigenvalue weighted by Crippen LogP contribution is 2.15. The summed E-state index contributed by atoms with van der Waals surface area (Å²) in [6.45, 7) is 3.79. The minimum Gasteiger partial charge on any atom is -0.410 e. The predicted molar refractivity (Wildman–Crippen MR) is 94.2 cm³/mol. The van der Waals surface area contributed by atoms with E-state index in [4.69, 9.17) is 10.5 Å². The van der Waals surface area contributed by atoms with E-state index in [2.05, 4.69) is 15.3 Å². The number of benzene rings is 1. The molecule has 6 nitrogen and oxygen atoms in total. The summed E-state index contributed by atoms with van der Waals surface area (Å²) in [7, 11) is 0. The molecule has 2 heterocycles. The van der Waals surface area contributed by atoms with Crippen LogP contribution in [-0.4, -0.2) is 16.1 Å². The molecule has 0 saturated heterocycles. The van der Waals surface area contributed by atoms with Crippen LogP contribution in [0.5, 0.6) is 5.75 Å². The minimum absolute atomic E-state index is 0.508. The van der Waals surface area contributed by atoms with Gasteiger partial charge in [-0.15, -0.1) is 22.7 Å². The largest absolute Gasteiger partial charge is 0.418 e. The summed E-state index contributed by atoms with van der Waals surface area (Å²) in [4.78, 5) is 19.4. The Hall–Kier alpha value is -2.45. The summed E-state index contributed by atoms with van der Waals surface area (Å²) in [5.74, 6) is 0.508. The fraction of sp³-hybridized carbons (Fsp3) is 0.133. The molecule has 2 aromatic heterocycles. The molecular formula is C15H16N4O2S2. The van der Waals surface area contributed by atoms with Crippen molar-refractivity contribution in [2.75, 3.05) is 11.1 Å². The number of para-hydroxylation sites is 1. The van der Waals surface area contributed by atoms with Crippen molar-refractivity contribution < 1.29 is 9.53 Å². The molecule has 23 heavy (non-hydrogen) atoms. The zero-order valence-electron chi connectivity index (χ0n) is 12.6. The fourth-order valence-corrected chi connectivity index (χ4v) is 2.71. The third kappa shape index (κ3) is 6.05. The number of nitrogens with two attached hydrogens (primary N) is 1. The van der Waals surface area contributed by atoms with Gasteiger partial charge in [-0.2, -0.15) is 0 Å². The molecule has 0 atom stereocenters. The smallest absolute Gasteiger partial charge is 0.410 e. The van der Waals surface area contributed by atoms with Crippen LogP contribution in [0.4, 0.5) is 15.1 Å². The number of ether oxygens (including phenoxy) is 1. The third-order valence-electron chi connectivity index (χ3n) is 2.42. The lowest BCUT2D eigenvalue weighted by Crippen LogP contribution is -2.16. The second-order valence-corrected chi connectivity index (χ2v) is 6.20. The van der Waals surface area contributed by atoms with Gasteiger partial charge in [-0.05, 0) is 26.0 Å². The summed E-state index contributed by atoms with van der Waals surface area (Å²) in [5, 5.41) is 7.53. The van der Waals surface area contributed by atoms with Crippen LogP contribution in [0.2, 0.25) is 0 Å². The number of rotatable bonds is 2. The maximum Gasteiger partial charge on any atom is 0.418 e. The molecule has 1 amide bonds. The van der Waals surface area contributed by atoms with Crippen molar-refractivity contribution in [2.45, 2.75) is 13.8 Å². The second-order valence-electron chi connectivity index (χ2n) is 4.45. The summed E-state index contributed by atoms with van der Waals surface area (Å²) < 4.78 is 5.04. The molecule has 3 N–H and O–H groups in total. The van der Waals surface area contributed by atoms with E-state index in [0.717, 1.165) is 11.4 Å². The number of carbonyl (C=O) groups is 1. The Balaban J connectivity index is 0.000000229. The minimum atomic E-state index is -0.527. The Morgan fingerprint density at radius 3 is 2.22 bits per heavy atom. The monoisotopic (exact) mass is 348 g/mol. The number of hydrogen-bond acceptors (Lipinski definition) is 7. The maximum absolute atomic E-state index is 11.4. The molecule has 0 spiro atoms. The van der Waals surface area contributed by atoms with Crippen molar-refractivity contribution in [3.05, 3.63) is 52.5 Å². The first-order valence-electron chi connectivity index (χ1n) is 6.66. The Kier molecular flexibility index (Phi) is 6.07. The first-order valence-corrected chi connectivity index (χ1v) is 8.42. The predicted octanol–water partition coefficient (Wildman–Crippen LogP) is 4.10. The first kappa shape index (κ1) is 16.9. The number of anilines is 2. The quantitative estimate of drug-likeness (QED) is 0.728. The van der Waals surface area contributed by atoms with E-state index in [1.807, 2.05) is 30.7 Å². The zero-order valence-corrected chi connectivity index (χ0v) is 14.3. The molecule has 0 aliphatic rings. The molecular weight excluding hydrogens is 332 g/mol. The van der Waals surface area contributed by atoms with Gasteiger partial charge in [0.25, 0.3) is 0 Å². The number of hydrogen-bond donors (Lipinski definition) is 2. The van der Waals surface area contributed by atoms with Gasteiger partial charge >= 0.3 is 6.09 Å². The third-order valence-corrected chi connectivity index (χ3v) is 4.09. The Labute approximate surface area is 142 Å². The Morgan fingerprint density at radius 1 is 1.09 bits per heavy atom. The van der Waals surface area contributed by atoms with Gasteiger partial charge in [0.15, 0.2) is 10.3 Å². The second kappa shape index (κ2) is 8.25. The fourth-order valence-electron chi connectivity index (χ4n) is 1.49. The van der Waals surface area contributed by atoms with Gasteiger partial charge < -0.3 is 10.5 Å². The highest BCUT2D eigenvalue weighted by Gasteiger charge is 2.06. The topological polar surface area (TPSA) is 90.1 Å². The summed E-state index contributed by atoms with van der Waals surface area (Å²) in [6, 6.07) is 8.89. The van der Waals surface area contributed by atoms with Crippen molar-refractivity contribution in [1.29, 1.82) is 0 Å². The summed E-state index contributed by atoms with van der Waals surface area (Å²) in [5.41, 5.74) is 7.16. The van der Waals surface area contributed by atoms with E-state index in [0.29, 0.717) is 16.0 Å². The van der Waals surface area contributed by atoms with Crippen LogP contribution in [0, 0.1) is 13.8 Å². The van der Waals surface area contributed by atoms with Crippen molar-refractivity contribution in [1.82, 2.24) is 9.97 Å². The average Bonchev–Trinajstić information content (AvgIpc) is 3.08. The van der Waals surface area contributed by atoms with Crippen molar-refractivity contribution in [3.63, 3.8) is 0 Å². The van der Waals surface area contributed by atoms with E-state index in [-0.39, 0.29) is 0 Å². The highest BCUT2D eigenvalue weighted by atomic mass is 32.1. The van der Waals surface area contributed by atoms with Gasteiger partial charge in [-0.1, -0.05) is 18.2 Å². The van der Waals surface area contributed by atoms with Gasteiger partial charge in [-0.3, -0.25) is 5.32 Å². The number of aryl methyl sites for hydroxylation is 2. The summed E-state index contributed by atoms with van der Waals surface area (Å²) in [6.07, 6.45) is -0.527. The zero-order chi connectivity index (χ0) is 16.7. The van der Waals surface area contributed by atoms with E-state index in [1.54, 1.807) is 24.3 Å². The molecule has 8 heteroatoms. The Bertz CT molecular complexity index is 739.